The summed E-state index contributed by atoms with van der Waals surface area (Å²) in [7, 11) is 0. The molecule has 1 aliphatic rings. The fraction of sp³-hybridized carbons (Fsp3) is 0.364. The third-order valence-corrected chi connectivity index (χ3v) is 5.79. The summed E-state index contributed by atoms with van der Waals surface area (Å²) < 4.78 is 32.2. The Morgan fingerprint density at radius 3 is 2.26 bits per heavy atom. The Hall–Kier alpha value is -2.38. The van der Waals surface area contributed by atoms with E-state index in [-0.39, 0.29) is 52.7 Å². The number of rotatable bonds is 7. The molecule has 1 saturated carbocycles. The van der Waals surface area contributed by atoms with E-state index in [1.54, 1.807) is 6.07 Å². The van der Waals surface area contributed by atoms with Crippen molar-refractivity contribution in [1.82, 2.24) is 10.6 Å². The molecule has 0 spiro atoms. The van der Waals surface area contributed by atoms with E-state index in [2.05, 4.69) is 10.6 Å². The SMILES string of the molecule is O=C(COc1ccc(Cl)c(F)c1)NC1CCC(C(=O)NCc2ccc(Cl)c(F)c2)CC1. The molecule has 2 aromatic carbocycles. The molecule has 0 aromatic heterocycles. The molecule has 0 unspecified atom stereocenters. The zero-order valence-electron chi connectivity index (χ0n) is 16.6. The Morgan fingerprint density at radius 1 is 0.968 bits per heavy atom. The second-order valence-electron chi connectivity index (χ2n) is 7.45. The smallest absolute Gasteiger partial charge is 0.258 e. The number of carbonyl (C=O) groups is 2. The van der Waals surface area contributed by atoms with Crippen LogP contribution < -0.4 is 15.4 Å². The summed E-state index contributed by atoms with van der Waals surface area (Å²) in [5.74, 6) is -1.47. The van der Waals surface area contributed by atoms with Gasteiger partial charge in [0.25, 0.3) is 5.91 Å². The molecule has 2 N–H and O–H groups in total. The number of nitrogens with one attached hydrogen (secondary N) is 2. The predicted octanol–water partition coefficient (Wildman–Crippen LogP) is 4.64. The lowest BCUT2D eigenvalue weighted by molar-refractivity contribution is -0.126. The first kappa shape index (κ1) is 23.3. The standard InChI is InChI=1S/C22H22Cl2F2N2O3/c23-17-7-1-13(9-19(17)25)11-27-22(30)14-2-4-15(5-3-14)28-21(29)12-31-16-6-8-18(24)20(26)10-16/h1,6-10,14-15H,2-5,11-12H2,(H,27,30)(H,28,29). The van der Waals surface area contributed by atoms with Gasteiger partial charge >= 0.3 is 0 Å². The van der Waals surface area contributed by atoms with Crippen LogP contribution in [0.15, 0.2) is 36.4 Å². The highest BCUT2D eigenvalue weighted by Crippen LogP contribution is 2.25. The van der Waals surface area contributed by atoms with E-state index in [9.17, 15) is 18.4 Å². The van der Waals surface area contributed by atoms with Crippen molar-refractivity contribution in [2.24, 2.45) is 5.92 Å². The molecule has 0 atom stereocenters. The van der Waals surface area contributed by atoms with Gasteiger partial charge in [-0.1, -0.05) is 29.3 Å². The number of halogens is 4. The van der Waals surface area contributed by atoms with E-state index in [1.165, 1.54) is 24.3 Å². The minimum atomic E-state index is -0.614. The van der Waals surface area contributed by atoms with Crippen molar-refractivity contribution in [1.29, 1.82) is 0 Å². The van der Waals surface area contributed by atoms with Gasteiger partial charge in [0.1, 0.15) is 17.4 Å². The lowest BCUT2D eigenvalue weighted by Gasteiger charge is -2.28. The first-order valence-electron chi connectivity index (χ1n) is 9.90. The van der Waals surface area contributed by atoms with E-state index in [4.69, 9.17) is 27.9 Å². The lowest BCUT2D eigenvalue weighted by Crippen LogP contribution is -2.42. The maximum atomic E-state index is 13.5. The van der Waals surface area contributed by atoms with E-state index in [0.717, 1.165) is 6.07 Å². The Labute approximate surface area is 189 Å². The van der Waals surface area contributed by atoms with Gasteiger partial charge in [-0.05, 0) is 55.5 Å². The van der Waals surface area contributed by atoms with Crippen LogP contribution >= 0.6 is 23.2 Å². The van der Waals surface area contributed by atoms with Crippen LogP contribution in [-0.2, 0) is 16.1 Å². The van der Waals surface area contributed by atoms with Gasteiger partial charge in [0.15, 0.2) is 6.61 Å². The van der Waals surface area contributed by atoms with Crippen molar-refractivity contribution in [2.45, 2.75) is 38.3 Å². The summed E-state index contributed by atoms with van der Waals surface area (Å²) in [6, 6.07) is 8.35. The monoisotopic (exact) mass is 470 g/mol. The van der Waals surface area contributed by atoms with Gasteiger partial charge in [-0.3, -0.25) is 9.59 Å². The number of hydrogen-bond acceptors (Lipinski definition) is 3. The van der Waals surface area contributed by atoms with Crippen LogP contribution in [0.25, 0.3) is 0 Å². The van der Waals surface area contributed by atoms with Crippen LogP contribution in [-0.4, -0.2) is 24.5 Å². The first-order valence-corrected chi connectivity index (χ1v) is 10.7. The Bertz CT molecular complexity index is 950. The second kappa shape index (κ2) is 10.8. The molecule has 31 heavy (non-hydrogen) atoms. The van der Waals surface area contributed by atoms with Crippen LogP contribution in [0.2, 0.25) is 10.0 Å². The van der Waals surface area contributed by atoms with Gasteiger partial charge in [0.05, 0.1) is 10.0 Å². The largest absolute Gasteiger partial charge is 0.484 e. The van der Waals surface area contributed by atoms with Crippen LogP contribution in [0.5, 0.6) is 5.75 Å². The minimum Gasteiger partial charge on any atom is -0.484 e. The van der Waals surface area contributed by atoms with Crippen molar-refractivity contribution in [3.63, 3.8) is 0 Å². The number of carbonyl (C=O) groups excluding carboxylic acids is 2. The van der Waals surface area contributed by atoms with E-state index >= 15 is 0 Å². The van der Waals surface area contributed by atoms with Crippen molar-refractivity contribution in [2.75, 3.05) is 6.61 Å². The van der Waals surface area contributed by atoms with Crippen molar-refractivity contribution >= 4 is 35.0 Å². The Balaban J connectivity index is 1.37. The fourth-order valence-corrected chi connectivity index (χ4v) is 3.70. The first-order chi connectivity index (χ1) is 14.8. The van der Waals surface area contributed by atoms with Crippen LogP contribution in [0, 0.1) is 17.6 Å². The molecular formula is C22H22Cl2F2N2O3. The number of benzene rings is 2. The molecule has 1 fully saturated rings. The molecule has 0 saturated heterocycles. The maximum absolute atomic E-state index is 13.5. The summed E-state index contributed by atoms with van der Waals surface area (Å²) in [4.78, 5) is 24.5. The van der Waals surface area contributed by atoms with Crippen molar-refractivity contribution in [3.05, 3.63) is 63.6 Å². The third-order valence-electron chi connectivity index (χ3n) is 5.17. The summed E-state index contributed by atoms with van der Waals surface area (Å²) in [6.45, 7) is -0.00857. The van der Waals surface area contributed by atoms with E-state index < -0.39 is 11.6 Å². The van der Waals surface area contributed by atoms with Crippen LogP contribution in [0.3, 0.4) is 0 Å². The third kappa shape index (κ3) is 6.80. The highest BCUT2D eigenvalue weighted by molar-refractivity contribution is 6.31. The molecule has 0 aliphatic heterocycles. The summed E-state index contributed by atoms with van der Waals surface area (Å²) >= 11 is 11.3. The molecule has 2 amide bonds. The minimum absolute atomic E-state index is 0.0158. The van der Waals surface area contributed by atoms with Crippen molar-refractivity contribution < 1.29 is 23.1 Å². The summed E-state index contributed by atoms with van der Waals surface area (Å²) in [5, 5.41) is 5.72. The normalized spacial score (nSPS) is 18.3. The van der Waals surface area contributed by atoms with Crippen LogP contribution in [0.4, 0.5) is 8.78 Å². The van der Waals surface area contributed by atoms with E-state index in [0.29, 0.717) is 31.2 Å². The molecule has 166 valence electrons. The zero-order valence-corrected chi connectivity index (χ0v) is 18.1. The quantitative estimate of drug-likeness (QED) is 0.619. The topological polar surface area (TPSA) is 67.4 Å². The number of ether oxygens (including phenoxy) is 1. The highest BCUT2D eigenvalue weighted by atomic mass is 35.5. The number of amides is 2. The van der Waals surface area contributed by atoms with E-state index in [1.807, 2.05) is 0 Å². The van der Waals surface area contributed by atoms with Crippen LogP contribution in [0.1, 0.15) is 31.2 Å². The molecule has 9 heteroatoms. The van der Waals surface area contributed by atoms with Gasteiger partial charge in [-0.15, -0.1) is 0 Å². The molecule has 3 rings (SSSR count). The molecule has 5 nitrogen and oxygen atoms in total. The summed E-state index contributed by atoms with van der Waals surface area (Å²) in [5.41, 5.74) is 0.636. The second-order valence-corrected chi connectivity index (χ2v) is 8.26. The number of hydrogen-bond donors (Lipinski definition) is 2. The van der Waals surface area contributed by atoms with Crippen molar-refractivity contribution in [3.8, 4) is 5.75 Å². The Morgan fingerprint density at radius 2 is 1.61 bits per heavy atom. The molecule has 1 aliphatic carbocycles. The molecule has 0 bridgehead atoms. The molecule has 2 aromatic rings. The van der Waals surface area contributed by atoms with Gasteiger partial charge < -0.3 is 15.4 Å². The fourth-order valence-electron chi connectivity index (χ4n) is 3.47. The zero-order chi connectivity index (χ0) is 22.4. The molecular weight excluding hydrogens is 449 g/mol. The average molecular weight is 471 g/mol. The maximum Gasteiger partial charge on any atom is 0.258 e. The van der Waals surface area contributed by atoms with Gasteiger partial charge in [0.2, 0.25) is 5.91 Å². The lowest BCUT2D eigenvalue weighted by atomic mass is 9.85. The molecule has 0 heterocycles. The predicted molar refractivity (Wildman–Crippen MR) is 114 cm³/mol. The van der Waals surface area contributed by atoms with Gasteiger partial charge in [-0.25, -0.2) is 8.78 Å². The summed E-state index contributed by atoms with van der Waals surface area (Å²) in [6.07, 6.45) is 2.59. The average Bonchev–Trinajstić information content (AvgIpc) is 2.75. The Kier molecular flexibility index (Phi) is 8.09. The molecule has 0 radical (unpaired) electrons. The van der Waals surface area contributed by atoms with Gasteiger partial charge in [0, 0.05) is 24.6 Å². The van der Waals surface area contributed by atoms with Gasteiger partial charge in [-0.2, -0.15) is 0 Å². The highest BCUT2D eigenvalue weighted by Gasteiger charge is 2.27.